The molecule has 0 bridgehead atoms. The third-order valence-corrected chi connectivity index (χ3v) is 5.54. The predicted octanol–water partition coefficient (Wildman–Crippen LogP) is 5.16. The maximum absolute atomic E-state index is 12.4. The van der Waals surface area contributed by atoms with Crippen LogP contribution in [0.3, 0.4) is 0 Å². The molecule has 0 unspecified atom stereocenters. The summed E-state index contributed by atoms with van der Waals surface area (Å²) in [5, 5.41) is 0.305. The summed E-state index contributed by atoms with van der Waals surface area (Å²) in [5.41, 5.74) is 0.940. The Hall–Kier alpha value is -2.35. The number of carbonyl (C=O) groups is 2. The Morgan fingerprint density at radius 3 is 2.89 bits per heavy atom. The number of benzene rings is 1. The van der Waals surface area contributed by atoms with Gasteiger partial charge < -0.3 is 9.15 Å². The van der Waals surface area contributed by atoms with Crippen LogP contribution in [0.4, 0.5) is 0 Å². The number of rotatable bonds is 6. The molecule has 3 rings (SSSR count). The first-order valence-electron chi connectivity index (χ1n) is 8.37. The Labute approximate surface area is 177 Å². The first-order valence-corrected chi connectivity index (χ1v) is 9.98. The van der Waals surface area contributed by atoms with Gasteiger partial charge in [-0.1, -0.05) is 41.7 Å². The normalized spacial score (nSPS) is 15.4. The van der Waals surface area contributed by atoms with Crippen molar-refractivity contribution in [2.45, 2.75) is 6.92 Å². The second-order valence-electron chi connectivity index (χ2n) is 5.70. The van der Waals surface area contributed by atoms with Crippen LogP contribution in [0.15, 0.2) is 52.3 Å². The van der Waals surface area contributed by atoms with E-state index in [0.717, 1.165) is 0 Å². The minimum Gasteiger partial charge on any atom is -0.462 e. The molecule has 1 fully saturated rings. The number of thiocarbonyl (C=S) groups is 1. The molecule has 1 aliphatic rings. The van der Waals surface area contributed by atoms with Crippen molar-refractivity contribution in [2.75, 3.05) is 13.2 Å². The summed E-state index contributed by atoms with van der Waals surface area (Å²) in [6.07, 6.45) is 3.27. The highest BCUT2D eigenvalue weighted by molar-refractivity contribution is 8.26. The molecule has 0 radical (unpaired) electrons. The Morgan fingerprint density at radius 1 is 1.39 bits per heavy atom. The molecule has 1 amide bonds. The fraction of sp³-hybridized carbons (Fsp3) is 0.150. The monoisotopic (exact) mass is 433 g/mol. The zero-order valence-corrected chi connectivity index (χ0v) is 17.3. The predicted molar refractivity (Wildman–Crippen MR) is 115 cm³/mol. The topological polar surface area (TPSA) is 59.8 Å². The summed E-state index contributed by atoms with van der Waals surface area (Å²) in [7, 11) is 0. The summed E-state index contributed by atoms with van der Waals surface area (Å²) < 4.78 is 11.3. The van der Waals surface area contributed by atoms with Crippen molar-refractivity contribution in [3.63, 3.8) is 0 Å². The zero-order valence-electron chi connectivity index (χ0n) is 14.9. The number of carbonyl (C=O) groups excluding carboxylic acids is 2. The molecule has 1 aromatic carbocycles. The lowest BCUT2D eigenvalue weighted by Crippen LogP contribution is -2.27. The second kappa shape index (κ2) is 8.77. The fourth-order valence-electron chi connectivity index (χ4n) is 2.55. The van der Waals surface area contributed by atoms with E-state index in [0.29, 0.717) is 37.9 Å². The highest BCUT2D eigenvalue weighted by atomic mass is 35.5. The van der Waals surface area contributed by atoms with E-state index < -0.39 is 5.97 Å². The van der Waals surface area contributed by atoms with E-state index in [1.165, 1.54) is 16.7 Å². The van der Waals surface area contributed by atoms with Gasteiger partial charge in [0.2, 0.25) is 0 Å². The number of hydrogen-bond donors (Lipinski definition) is 0. The van der Waals surface area contributed by atoms with Gasteiger partial charge in [-0.25, -0.2) is 4.79 Å². The minimum absolute atomic E-state index is 0.177. The number of esters is 1. The van der Waals surface area contributed by atoms with Crippen LogP contribution in [0.1, 0.15) is 23.0 Å². The summed E-state index contributed by atoms with van der Waals surface area (Å²) in [6.45, 7) is 5.99. The van der Waals surface area contributed by atoms with Gasteiger partial charge in [-0.05, 0) is 37.3 Å². The molecule has 0 N–H and O–H groups in total. The molecule has 1 aromatic heterocycles. The number of halogens is 1. The van der Waals surface area contributed by atoms with Crippen molar-refractivity contribution in [3.8, 4) is 11.3 Å². The van der Waals surface area contributed by atoms with Crippen LogP contribution in [0, 0.1) is 0 Å². The molecule has 1 saturated heterocycles. The maximum atomic E-state index is 12.4. The average Bonchev–Trinajstić information content (AvgIpc) is 3.23. The Bertz CT molecular complexity index is 996. The van der Waals surface area contributed by atoms with Crippen LogP contribution in [0.25, 0.3) is 17.4 Å². The van der Waals surface area contributed by atoms with Crippen molar-refractivity contribution < 1.29 is 18.7 Å². The maximum Gasteiger partial charge on any atom is 0.339 e. The average molecular weight is 434 g/mol. The lowest BCUT2D eigenvalue weighted by Gasteiger charge is -2.10. The molecule has 2 heterocycles. The zero-order chi connectivity index (χ0) is 20.3. The van der Waals surface area contributed by atoms with E-state index in [1.54, 1.807) is 49.4 Å². The lowest BCUT2D eigenvalue weighted by molar-refractivity contribution is -0.121. The van der Waals surface area contributed by atoms with Gasteiger partial charge in [0, 0.05) is 18.2 Å². The molecule has 8 heteroatoms. The first-order chi connectivity index (χ1) is 13.4. The van der Waals surface area contributed by atoms with E-state index in [2.05, 4.69) is 6.58 Å². The van der Waals surface area contributed by atoms with Crippen molar-refractivity contribution in [1.82, 2.24) is 4.90 Å². The van der Waals surface area contributed by atoms with Crippen molar-refractivity contribution in [1.29, 1.82) is 0 Å². The SMILES string of the molecule is C=CCN1C(=O)/C(=C/c2ccc(-c3ccc(Cl)c(C(=O)OCC)c3)o2)SC1=S. The van der Waals surface area contributed by atoms with Crippen LogP contribution in [-0.2, 0) is 9.53 Å². The van der Waals surface area contributed by atoms with Crippen molar-refractivity contribution >= 4 is 57.9 Å². The number of hydrogen-bond acceptors (Lipinski definition) is 6. The number of furan rings is 1. The molecule has 5 nitrogen and oxygen atoms in total. The molecule has 0 saturated carbocycles. The number of thioether (sulfide) groups is 1. The van der Waals surface area contributed by atoms with Gasteiger partial charge >= 0.3 is 5.97 Å². The number of amides is 1. The molecule has 2 aromatic rings. The fourth-order valence-corrected chi connectivity index (χ4v) is 3.99. The van der Waals surface area contributed by atoms with Gasteiger partial charge in [0.25, 0.3) is 5.91 Å². The first kappa shape index (κ1) is 20.4. The Morgan fingerprint density at radius 2 is 2.18 bits per heavy atom. The van der Waals surface area contributed by atoms with Gasteiger partial charge in [0.1, 0.15) is 15.8 Å². The van der Waals surface area contributed by atoms with Crippen LogP contribution in [0.2, 0.25) is 5.02 Å². The van der Waals surface area contributed by atoms with Crippen LogP contribution < -0.4 is 0 Å². The van der Waals surface area contributed by atoms with E-state index >= 15 is 0 Å². The van der Waals surface area contributed by atoms with E-state index in [1.807, 2.05) is 0 Å². The van der Waals surface area contributed by atoms with E-state index in [9.17, 15) is 9.59 Å². The molecular formula is C20H16ClNO4S2. The highest BCUT2D eigenvalue weighted by Gasteiger charge is 2.31. The molecular weight excluding hydrogens is 418 g/mol. The van der Waals surface area contributed by atoms with E-state index in [4.69, 9.17) is 33.0 Å². The quantitative estimate of drug-likeness (QED) is 0.271. The summed E-state index contributed by atoms with van der Waals surface area (Å²) in [6, 6.07) is 8.48. The van der Waals surface area contributed by atoms with Gasteiger partial charge in [0.05, 0.1) is 22.1 Å². The molecule has 0 spiro atoms. The molecule has 1 aliphatic heterocycles. The van der Waals surface area contributed by atoms with Gasteiger partial charge in [0.15, 0.2) is 0 Å². The van der Waals surface area contributed by atoms with Crippen LogP contribution in [-0.4, -0.2) is 34.2 Å². The Balaban J connectivity index is 1.86. The minimum atomic E-state index is -0.493. The van der Waals surface area contributed by atoms with Crippen molar-refractivity contribution in [3.05, 3.63) is 64.2 Å². The van der Waals surface area contributed by atoms with Gasteiger partial charge in [-0.3, -0.25) is 9.69 Å². The van der Waals surface area contributed by atoms with Crippen LogP contribution >= 0.6 is 35.6 Å². The summed E-state index contributed by atoms with van der Waals surface area (Å²) in [4.78, 5) is 26.4. The van der Waals surface area contributed by atoms with Crippen LogP contribution in [0.5, 0.6) is 0 Å². The second-order valence-corrected chi connectivity index (χ2v) is 7.78. The summed E-state index contributed by atoms with van der Waals surface area (Å²) >= 11 is 12.5. The molecule has 28 heavy (non-hydrogen) atoms. The third-order valence-electron chi connectivity index (χ3n) is 3.83. The standard InChI is InChI=1S/C20H16ClNO4S2/c1-3-9-22-18(23)17(28-20(22)27)11-13-6-8-16(26-13)12-5-7-15(21)14(10-12)19(24)25-4-2/h3,5-8,10-11H,1,4,9H2,2H3/b17-11-. The largest absolute Gasteiger partial charge is 0.462 e. The Kier molecular flexibility index (Phi) is 6.39. The molecule has 0 atom stereocenters. The number of ether oxygens (including phenoxy) is 1. The highest BCUT2D eigenvalue weighted by Crippen LogP contribution is 2.34. The van der Waals surface area contributed by atoms with Gasteiger partial charge in [-0.15, -0.1) is 6.58 Å². The smallest absolute Gasteiger partial charge is 0.339 e. The summed E-state index contributed by atoms with van der Waals surface area (Å²) in [5.74, 6) is 0.368. The van der Waals surface area contributed by atoms with Gasteiger partial charge in [-0.2, -0.15) is 0 Å². The van der Waals surface area contributed by atoms with E-state index in [-0.39, 0.29) is 18.1 Å². The molecule has 0 aliphatic carbocycles. The lowest BCUT2D eigenvalue weighted by atomic mass is 10.1. The number of nitrogens with zero attached hydrogens (tertiary/aromatic N) is 1. The molecule has 144 valence electrons. The third kappa shape index (κ3) is 4.22. The van der Waals surface area contributed by atoms with Crippen molar-refractivity contribution in [2.24, 2.45) is 0 Å².